The molecule has 110 valence electrons. The van der Waals surface area contributed by atoms with Crippen LogP contribution in [-0.4, -0.2) is 26.8 Å². The topological polar surface area (TPSA) is 88.0 Å². The van der Waals surface area contributed by atoms with Crippen molar-refractivity contribution in [3.05, 3.63) is 5.01 Å². The van der Waals surface area contributed by atoms with E-state index in [-0.39, 0.29) is 0 Å². The molecule has 1 saturated carbocycles. The van der Waals surface area contributed by atoms with E-state index in [9.17, 15) is 0 Å². The number of anilines is 1. The van der Waals surface area contributed by atoms with E-state index in [4.69, 9.17) is 11.1 Å². The Morgan fingerprint density at radius 3 is 2.90 bits per heavy atom. The van der Waals surface area contributed by atoms with Crippen molar-refractivity contribution in [1.29, 1.82) is 5.41 Å². The number of thioether (sulfide) groups is 1. The first-order chi connectivity index (χ1) is 9.54. The van der Waals surface area contributed by atoms with Crippen molar-refractivity contribution in [3.8, 4) is 0 Å². The van der Waals surface area contributed by atoms with Crippen LogP contribution in [0.15, 0.2) is 4.99 Å². The fourth-order valence-electron chi connectivity index (χ4n) is 2.51. The van der Waals surface area contributed by atoms with Crippen LogP contribution in [0.25, 0.3) is 0 Å². The SMILES string of the molecule is CC(C)=NC(=N)SCC1CCCC(c2nnc(N)s2)C1. The third-order valence-electron chi connectivity index (χ3n) is 3.37. The average molecular weight is 311 g/mol. The molecular weight excluding hydrogens is 290 g/mol. The van der Waals surface area contributed by atoms with E-state index in [1.165, 1.54) is 30.6 Å². The normalized spacial score (nSPS) is 22.5. The summed E-state index contributed by atoms with van der Waals surface area (Å²) >= 11 is 3.07. The summed E-state index contributed by atoms with van der Waals surface area (Å²) in [5.41, 5.74) is 6.60. The lowest BCUT2D eigenvalue weighted by Crippen LogP contribution is -2.16. The maximum absolute atomic E-state index is 7.79. The molecule has 3 N–H and O–H groups in total. The van der Waals surface area contributed by atoms with Gasteiger partial charge in [-0.15, -0.1) is 10.2 Å². The molecule has 5 nitrogen and oxygen atoms in total. The average Bonchev–Trinajstić information content (AvgIpc) is 2.83. The first-order valence-corrected chi connectivity index (χ1v) is 8.67. The fourth-order valence-corrected chi connectivity index (χ4v) is 4.21. The van der Waals surface area contributed by atoms with Crippen molar-refractivity contribution < 1.29 is 0 Å². The van der Waals surface area contributed by atoms with Gasteiger partial charge in [-0.1, -0.05) is 29.5 Å². The molecule has 1 aliphatic rings. The number of amidine groups is 1. The number of aromatic nitrogens is 2. The summed E-state index contributed by atoms with van der Waals surface area (Å²) < 4.78 is 0. The molecule has 0 radical (unpaired) electrons. The van der Waals surface area contributed by atoms with Crippen molar-refractivity contribution >= 4 is 39.1 Å². The van der Waals surface area contributed by atoms with Gasteiger partial charge in [0.1, 0.15) is 5.01 Å². The minimum Gasteiger partial charge on any atom is -0.374 e. The highest BCUT2D eigenvalue weighted by molar-refractivity contribution is 8.13. The maximum Gasteiger partial charge on any atom is 0.203 e. The van der Waals surface area contributed by atoms with Gasteiger partial charge in [0.25, 0.3) is 0 Å². The molecule has 1 heterocycles. The highest BCUT2D eigenvalue weighted by Crippen LogP contribution is 2.38. The molecule has 1 aromatic heterocycles. The summed E-state index contributed by atoms with van der Waals surface area (Å²) in [5.74, 6) is 2.10. The lowest BCUT2D eigenvalue weighted by molar-refractivity contribution is 0.347. The number of nitrogen functional groups attached to an aromatic ring is 1. The first-order valence-electron chi connectivity index (χ1n) is 6.86. The fraction of sp³-hybridized carbons (Fsp3) is 0.692. The zero-order chi connectivity index (χ0) is 14.5. The van der Waals surface area contributed by atoms with Crippen molar-refractivity contribution in [2.24, 2.45) is 10.9 Å². The lowest BCUT2D eigenvalue weighted by atomic mass is 9.83. The molecule has 1 aromatic rings. The zero-order valence-electron chi connectivity index (χ0n) is 11.9. The van der Waals surface area contributed by atoms with Crippen LogP contribution in [0.1, 0.15) is 50.5 Å². The standard InChI is InChI=1S/C13H21N5S2/c1-8(2)16-12(14)19-7-9-4-3-5-10(6-9)11-17-18-13(15)20-11/h9-10,14H,3-7H2,1-2H3,(H2,15,18). The van der Waals surface area contributed by atoms with E-state index < -0.39 is 0 Å². The molecule has 1 aliphatic carbocycles. The Labute approximate surface area is 128 Å². The van der Waals surface area contributed by atoms with Crippen molar-refractivity contribution in [2.75, 3.05) is 11.5 Å². The van der Waals surface area contributed by atoms with E-state index in [0.717, 1.165) is 22.9 Å². The van der Waals surface area contributed by atoms with Crippen molar-refractivity contribution in [1.82, 2.24) is 10.2 Å². The summed E-state index contributed by atoms with van der Waals surface area (Å²) in [6.07, 6.45) is 4.77. The van der Waals surface area contributed by atoms with E-state index in [2.05, 4.69) is 15.2 Å². The van der Waals surface area contributed by atoms with Gasteiger partial charge in [0.2, 0.25) is 5.13 Å². The van der Waals surface area contributed by atoms with Crippen LogP contribution in [-0.2, 0) is 0 Å². The number of nitrogens with zero attached hydrogens (tertiary/aromatic N) is 3. The molecular formula is C13H21N5S2. The van der Waals surface area contributed by atoms with Gasteiger partial charge in [0.15, 0.2) is 5.17 Å². The van der Waals surface area contributed by atoms with Gasteiger partial charge in [-0.05, 0) is 39.0 Å². The van der Waals surface area contributed by atoms with Gasteiger partial charge in [-0.3, -0.25) is 5.41 Å². The van der Waals surface area contributed by atoms with E-state index in [1.54, 1.807) is 11.8 Å². The summed E-state index contributed by atoms with van der Waals surface area (Å²) in [6, 6.07) is 0. The maximum atomic E-state index is 7.79. The van der Waals surface area contributed by atoms with Gasteiger partial charge in [0.05, 0.1) is 0 Å². The Morgan fingerprint density at radius 2 is 2.25 bits per heavy atom. The van der Waals surface area contributed by atoms with Gasteiger partial charge in [-0.2, -0.15) is 0 Å². The minimum atomic E-state index is 0.423. The molecule has 0 aromatic carbocycles. The van der Waals surface area contributed by atoms with Crippen molar-refractivity contribution in [3.63, 3.8) is 0 Å². The van der Waals surface area contributed by atoms with Crippen LogP contribution >= 0.6 is 23.1 Å². The van der Waals surface area contributed by atoms with E-state index in [0.29, 0.717) is 22.1 Å². The number of nitrogens with one attached hydrogen (secondary N) is 1. The van der Waals surface area contributed by atoms with Crippen LogP contribution in [0.4, 0.5) is 5.13 Å². The lowest BCUT2D eigenvalue weighted by Gasteiger charge is -2.27. The van der Waals surface area contributed by atoms with Crippen LogP contribution in [0.5, 0.6) is 0 Å². The highest BCUT2D eigenvalue weighted by atomic mass is 32.2. The van der Waals surface area contributed by atoms with Crippen LogP contribution < -0.4 is 5.73 Å². The predicted octanol–water partition coefficient (Wildman–Crippen LogP) is 3.54. The molecule has 0 aliphatic heterocycles. The number of hydrogen-bond acceptors (Lipinski definition) is 6. The quantitative estimate of drug-likeness (QED) is 0.660. The summed E-state index contributed by atoms with van der Waals surface area (Å²) in [5, 5.41) is 18.0. The zero-order valence-corrected chi connectivity index (χ0v) is 13.6. The Bertz CT molecular complexity index is 493. The molecule has 20 heavy (non-hydrogen) atoms. The second-order valence-electron chi connectivity index (χ2n) is 5.38. The smallest absolute Gasteiger partial charge is 0.203 e. The number of rotatable bonds is 3. The monoisotopic (exact) mass is 311 g/mol. The van der Waals surface area contributed by atoms with Gasteiger partial charge < -0.3 is 5.73 Å². The second-order valence-corrected chi connectivity index (χ2v) is 7.43. The number of aliphatic imine (C=N–C) groups is 1. The third kappa shape index (κ3) is 4.56. The molecule has 2 rings (SSSR count). The molecule has 0 amide bonds. The molecule has 2 atom stereocenters. The van der Waals surface area contributed by atoms with E-state index in [1.807, 2.05) is 13.8 Å². The third-order valence-corrected chi connectivity index (χ3v) is 5.29. The summed E-state index contributed by atoms with van der Waals surface area (Å²) in [7, 11) is 0. The largest absolute Gasteiger partial charge is 0.374 e. The Hall–Kier alpha value is -0.950. The molecule has 2 unspecified atom stereocenters. The Morgan fingerprint density at radius 1 is 1.45 bits per heavy atom. The molecule has 7 heteroatoms. The van der Waals surface area contributed by atoms with Gasteiger partial charge in [0, 0.05) is 17.4 Å². The molecule has 0 saturated heterocycles. The molecule has 0 bridgehead atoms. The Kier molecular flexibility index (Phi) is 5.54. The molecule has 1 fully saturated rings. The minimum absolute atomic E-state index is 0.423. The first kappa shape index (κ1) is 15.4. The number of nitrogens with two attached hydrogens (primary N) is 1. The van der Waals surface area contributed by atoms with Crippen LogP contribution in [0.2, 0.25) is 0 Å². The number of hydrogen-bond donors (Lipinski definition) is 2. The van der Waals surface area contributed by atoms with Crippen LogP contribution in [0, 0.1) is 11.3 Å². The van der Waals surface area contributed by atoms with Crippen LogP contribution in [0.3, 0.4) is 0 Å². The predicted molar refractivity (Wildman–Crippen MR) is 88.0 cm³/mol. The summed E-state index contributed by atoms with van der Waals surface area (Å²) in [6.45, 7) is 3.84. The molecule has 0 spiro atoms. The highest BCUT2D eigenvalue weighted by Gasteiger charge is 2.26. The Balaban J connectivity index is 1.85. The van der Waals surface area contributed by atoms with Gasteiger partial charge in [-0.25, -0.2) is 4.99 Å². The summed E-state index contributed by atoms with van der Waals surface area (Å²) in [4.78, 5) is 4.17. The van der Waals surface area contributed by atoms with Gasteiger partial charge >= 0.3 is 0 Å². The van der Waals surface area contributed by atoms with E-state index >= 15 is 0 Å². The van der Waals surface area contributed by atoms with Crippen molar-refractivity contribution in [2.45, 2.75) is 45.4 Å². The second kappa shape index (κ2) is 7.17.